The van der Waals surface area contributed by atoms with Crippen molar-refractivity contribution in [2.75, 3.05) is 5.75 Å². The third kappa shape index (κ3) is 2.70. The maximum Gasteiger partial charge on any atom is 0.0229 e. The van der Waals surface area contributed by atoms with Gasteiger partial charge in [0.1, 0.15) is 0 Å². The van der Waals surface area contributed by atoms with Crippen LogP contribution in [0.2, 0.25) is 0 Å². The van der Waals surface area contributed by atoms with E-state index in [4.69, 9.17) is 0 Å². The van der Waals surface area contributed by atoms with Crippen LogP contribution in [0, 0.1) is 0 Å². The molecule has 0 aromatic heterocycles. The molecule has 1 aliphatic heterocycles. The van der Waals surface area contributed by atoms with Crippen LogP contribution in [0.1, 0.15) is 5.56 Å². The van der Waals surface area contributed by atoms with Gasteiger partial charge in [-0.1, -0.05) is 36.4 Å². The standard InChI is InChI=1S/C15H14S2/c1-2-7-13(8-3-1)16-11-14-10-12-6-4-5-9-15(12)17-14/h1-9,14H,10-11H2. The lowest BCUT2D eigenvalue weighted by molar-refractivity contribution is 0.970. The minimum Gasteiger partial charge on any atom is -0.125 e. The molecule has 0 bridgehead atoms. The summed E-state index contributed by atoms with van der Waals surface area (Å²) in [7, 11) is 0. The van der Waals surface area contributed by atoms with Gasteiger partial charge in [0.2, 0.25) is 0 Å². The second-order valence-corrected chi connectivity index (χ2v) is 6.61. The molecule has 0 aliphatic carbocycles. The van der Waals surface area contributed by atoms with Gasteiger partial charge in [0, 0.05) is 20.8 Å². The molecule has 3 rings (SSSR count). The predicted octanol–water partition coefficient (Wildman–Crippen LogP) is 4.50. The molecular formula is C15H14S2. The summed E-state index contributed by atoms with van der Waals surface area (Å²) >= 11 is 4.00. The molecule has 2 heteroatoms. The van der Waals surface area contributed by atoms with Gasteiger partial charge >= 0.3 is 0 Å². The van der Waals surface area contributed by atoms with Crippen molar-refractivity contribution in [2.24, 2.45) is 0 Å². The molecule has 0 N–H and O–H groups in total. The first kappa shape index (κ1) is 11.2. The number of benzene rings is 2. The van der Waals surface area contributed by atoms with Crippen molar-refractivity contribution >= 4 is 23.5 Å². The summed E-state index contributed by atoms with van der Waals surface area (Å²) in [6, 6.07) is 19.5. The first-order valence-electron chi connectivity index (χ1n) is 5.84. The van der Waals surface area contributed by atoms with E-state index in [1.54, 1.807) is 0 Å². The van der Waals surface area contributed by atoms with E-state index < -0.39 is 0 Å². The molecule has 1 atom stereocenters. The van der Waals surface area contributed by atoms with Crippen LogP contribution in [0.15, 0.2) is 64.4 Å². The zero-order chi connectivity index (χ0) is 11.5. The van der Waals surface area contributed by atoms with Crippen molar-refractivity contribution in [2.45, 2.75) is 21.5 Å². The fourth-order valence-corrected chi connectivity index (χ4v) is 4.46. The van der Waals surface area contributed by atoms with Crippen molar-refractivity contribution in [3.05, 3.63) is 60.2 Å². The van der Waals surface area contributed by atoms with E-state index in [0.29, 0.717) is 0 Å². The van der Waals surface area contributed by atoms with Gasteiger partial charge in [0.15, 0.2) is 0 Å². The van der Waals surface area contributed by atoms with Gasteiger partial charge in [-0.05, 0) is 30.2 Å². The van der Waals surface area contributed by atoms with E-state index in [1.807, 2.05) is 23.5 Å². The van der Waals surface area contributed by atoms with Crippen molar-refractivity contribution < 1.29 is 0 Å². The van der Waals surface area contributed by atoms with Gasteiger partial charge in [0.05, 0.1) is 0 Å². The third-order valence-corrected chi connectivity index (χ3v) is 5.60. The summed E-state index contributed by atoms with van der Waals surface area (Å²) in [6.45, 7) is 0. The number of thioether (sulfide) groups is 2. The Morgan fingerprint density at radius 2 is 1.76 bits per heavy atom. The second kappa shape index (κ2) is 5.19. The predicted molar refractivity (Wildman–Crippen MR) is 77.0 cm³/mol. The molecule has 0 amide bonds. The highest BCUT2D eigenvalue weighted by Gasteiger charge is 2.21. The quantitative estimate of drug-likeness (QED) is 0.744. The highest BCUT2D eigenvalue weighted by atomic mass is 32.2. The molecule has 86 valence electrons. The fourth-order valence-electron chi connectivity index (χ4n) is 2.05. The Kier molecular flexibility index (Phi) is 3.44. The molecule has 0 nitrogen and oxygen atoms in total. The molecule has 0 radical (unpaired) electrons. The minimum atomic E-state index is 0.734. The maximum atomic E-state index is 2.26. The molecule has 0 saturated heterocycles. The van der Waals surface area contributed by atoms with Crippen molar-refractivity contribution in [1.29, 1.82) is 0 Å². The highest BCUT2D eigenvalue weighted by molar-refractivity contribution is 8.03. The van der Waals surface area contributed by atoms with Crippen LogP contribution in [0.25, 0.3) is 0 Å². The number of hydrogen-bond acceptors (Lipinski definition) is 2. The van der Waals surface area contributed by atoms with E-state index in [2.05, 4.69) is 54.6 Å². The SMILES string of the molecule is c1ccc(SCC2Cc3ccccc3S2)cc1. The first-order valence-corrected chi connectivity index (χ1v) is 7.71. The normalized spacial score (nSPS) is 18.0. The van der Waals surface area contributed by atoms with Gasteiger partial charge in [-0.2, -0.15) is 0 Å². The highest BCUT2D eigenvalue weighted by Crippen LogP contribution is 2.39. The molecule has 1 heterocycles. The number of rotatable bonds is 3. The van der Waals surface area contributed by atoms with Crippen LogP contribution in [0.4, 0.5) is 0 Å². The molecular weight excluding hydrogens is 244 g/mol. The largest absolute Gasteiger partial charge is 0.125 e. The van der Waals surface area contributed by atoms with Crippen LogP contribution >= 0.6 is 23.5 Å². The van der Waals surface area contributed by atoms with Gasteiger partial charge in [-0.3, -0.25) is 0 Å². The summed E-state index contributed by atoms with van der Waals surface area (Å²) in [5.41, 5.74) is 1.52. The van der Waals surface area contributed by atoms with Crippen LogP contribution in [0.5, 0.6) is 0 Å². The Morgan fingerprint density at radius 3 is 2.59 bits per heavy atom. The summed E-state index contributed by atoms with van der Waals surface area (Å²) in [6.07, 6.45) is 1.22. The molecule has 0 spiro atoms. The topological polar surface area (TPSA) is 0 Å². The summed E-state index contributed by atoms with van der Waals surface area (Å²) in [4.78, 5) is 2.86. The van der Waals surface area contributed by atoms with Crippen LogP contribution in [-0.4, -0.2) is 11.0 Å². The monoisotopic (exact) mass is 258 g/mol. The Labute approximate surface area is 111 Å². The number of hydrogen-bond donors (Lipinski definition) is 0. The van der Waals surface area contributed by atoms with E-state index >= 15 is 0 Å². The van der Waals surface area contributed by atoms with E-state index in [-0.39, 0.29) is 0 Å². The summed E-state index contributed by atoms with van der Waals surface area (Å²) < 4.78 is 0. The molecule has 2 aromatic rings. The Balaban J connectivity index is 1.59. The van der Waals surface area contributed by atoms with E-state index in [1.165, 1.54) is 27.5 Å². The lowest BCUT2D eigenvalue weighted by Gasteiger charge is -2.07. The lowest BCUT2D eigenvalue weighted by Crippen LogP contribution is -2.03. The van der Waals surface area contributed by atoms with Crippen molar-refractivity contribution in [3.8, 4) is 0 Å². The minimum absolute atomic E-state index is 0.734. The number of fused-ring (bicyclic) bond motifs is 1. The van der Waals surface area contributed by atoms with Gasteiger partial charge in [-0.25, -0.2) is 0 Å². The van der Waals surface area contributed by atoms with Gasteiger partial charge < -0.3 is 0 Å². The molecule has 0 saturated carbocycles. The first-order chi connectivity index (χ1) is 8.42. The van der Waals surface area contributed by atoms with Gasteiger partial charge in [-0.15, -0.1) is 23.5 Å². The van der Waals surface area contributed by atoms with E-state index in [9.17, 15) is 0 Å². The molecule has 1 aliphatic rings. The molecule has 1 unspecified atom stereocenters. The smallest absolute Gasteiger partial charge is 0.0229 e. The van der Waals surface area contributed by atoms with Crippen LogP contribution in [0.3, 0.4) is 0 Å². The second-order valence-electron chi connectivity index (χ2n) is 4.18. The molecule has 2 aromatic carbocycles. The van der Waals surface area contributed by atoms with E-state index in [0.717, 1.165) is 5.25 Å². The average Bonchev–Trinajstić information content (AvgIpc) is 2.80. The van der Waals surface area contributed by atoms with Crippen molar-refractivity contribution in [1.82, 2.24) is 0 Å². The zero-order valence-electron chi connectivity index (χ0n) is 9.50. The Morgan fingerprint density at radius 1 is 1.00 bits per heavy atom. The Hall–Kier alpha value is -0.860. The van der Waals surface area contributed by atoms with Crippen LogP contribution < -0.4 is 0 Å². The van der Waals surface area contributed by atoms with Crippen LogP contribution in [-0.2, 0) is 6.42 Å². The maximum absolute atomic E-state index is 2.26. The summed E-state index contributed by atoms with van der Waals surface area (Å²) in [5.74, 6) is 1.20. The molecule has 0 fully saturated rings. The fraction of sp³-hybridized carbons (Fsp3) is 0.200. The van der Waals surface area contributed by atoms with Gasteiger partial charge in [0.25, 0.3) is 0 Å². The lowest BCUT2D eigenvalue weighted by atomic mass is 10.1. The summed E-state index contributed by atoms with van der Waals surface area (Å²) in [5, 5.41) is 0.734. The molecule has 17 heavy (non-hydrogen) atoms. The van der Waals surface area contributed by atoms with Crippen molar-refractivity contribution in [3.63, 3.8) is 0 Å². The Bertz CT molecular complexity index is 468. The third-order valence-electron chi connectivity index (χ3n) is 2.89. The zero-order valence-corrected chi connectivity index (χ0v) is 11.1. The average molecular weight is 258 g/mol.